The Hall–Kier alpha value is -2.24. The van der Waals surface area contributed by atoms with E-state index in [4.69, 9.17) is 16.3 Å². The summed E-state index contributed by atoms with van der Waals surface area (Å²) in [4.78, 5) is 12.7. The molecule has 0 saturated carbocycles. The van der Waals surface area contributed by atoms with Crippen LogP contribution in [-0.2, 0) is 0 Å². The SMILES string of the molecule is COc1cc(C)cc2c1C(=O)c1c(O)cc(O)c(Cl)c1[C@@H]2O. The molecule has 5 nitrogen and oxygen atoms in total. The first-order valence-electron chi connectivity index (χ1n) is 6.52. The smallest absolute Gasteiger partial charge is 0.201 e. The molecule has 0 fully saturated rings. The molecule has 6 heteroatoms. The summed E-state index contributed by atoms with van der Waals surface area (Å²) < 4.78 is 5.23. The van der Waals surface area contributed by atoms with Crippen molar-refractivity contribution in [1.82, 2.24) is 0 Å². The summed E-state index contributed by atoms with van der Waals surface area (Å²) in [7, 11) is 1.42. The van der Waals surface area contributed by atoms with Crippen molar-refractivity contribution >= 4 is 17.4 Å². The Balaban J connectivity index is 2.40. The number of benzene rings is 2. The Bertz CT molecular complexity index is 813. The molecular formula is C16H13ClO5. The molecule has 22 heavy (non-hydrogen) atoms. The number of aliphatic hydroxyl groups is 1. The number of aryl methyl sites for hydroxylation is 1. The molecule has 0 amide bonds. The third-order valence-corrected chi connectivity index (χ3v) is 4.18. The van der Waals surface area contributed by atoms with E-state index in [1.54, 1.807) is 19.1 Å². The highest BCUT2D eigenvalue weighted by Gasteiger charge is 2.37. The summed E-state index contributed by atoms with van der Waals surface area (Å²) >= 11 is 6.02. The number of fused-ring (bicyclic) bond motifs is 2. The van der Waals surface area contributed by atoms with Gasteiger partial charge in [0.2, 0.25) is 5.78 Å². The summed E-state index contributed by atoms with van der Waals surface area (Å²) in [6, 6.07) is 4.31. The highest BCUT2D eigenvalue weighted by atomic mass is 35.5. The second-order valence-electron chi connectivity index (χ2n) is 5.18. The van der Waals surface area contributed by atoms with Crippen LogP contribution in [0.1, 0.15) is 38.7 Å². The van der Waals surface area contributed by atoms with Gasteiger partial charge in [0.05, 0.1) is 23.3 Å². The molecule has 0 radical (unpaired) electrons. The molecule has 0 spiro atoms. The number of hydrogen-bond acceptors (Lipinski definition) is 5. The Morgan fingerprint density at radius 2 is 1.82 bits per heavy atom. The van der Waals surface area contributed by atoms with Crippen LogP contribution in [-0.4, -0.2) is 28.2 Å². The Labute approximate surface area is 131 Å². The van der Waals surface area contributed by atoms with Crippen LogP contribution in [0.15, 0.2) is 18.2 Å². The number of phenols is 2. The number of methoxy groups -OCH3 is 1. The van der Waals surface area contributed by atoms with Crippen molar-refractivity contribution in [2.45, 2.75) is 13.0 Å². The van der Waals surface area contributed by atoms with Crippen LogP contribution >= 0.6 is 11.6 Å². The number of aromatic hydroxyl groups is 2. The van der Waals surface area contributed by atoms with E-state index in [0.717, 1.165) is 11.6 Å². The van der Waals surface area contributed by atoms with E-state index in [1.807, 2.05) is 0 Å². The summed E-state index contributed by atoms with van der Waals surface area (Å²) in [6.07, 6.45) is -1.25. The van der Waals surface area contributed by atoms with E-state index in [9.17, 15) is 20.1 Å². The van der Waals surface area contributed by atoms with E-state index in [0.29, 0.717) is 11.3 Å². The lowest BCUT2D eigenvalue weighted by atomic mass is 9.81. The first-order valence-corrected chi connectivity index (χ1v) is 6.90. The van der Waals surface area contributed by atoms with Gasteiger partial charge in [0.1, 0.15) is 23.4 Å². The number of ether oxygens (including phenoxy) is 1. The van der Waals surface area contributed by atoms with Crippen molar-refractivity contribution < 1.29 is 24.9 Å². The highest BCUT2D eigenvalue weighted by molar-refractivity contribution is 6.34. The average Bonchev–Trinajstić information content (AvgIpc) is 2.47. The van der Waals surface area contributed by atoms with E-state index < -0.39 is 23.4 Å². The zero-order valence-electron chi connectivity index (χ0n) is 11.8. The van der Waals surface area contributed by atoms with Gasteiger partial charge in [-0.2, -0.15) is 0 Å². The zero-order valence-corrected chi connectivity index (χ0v) is 12.6. The summed E-state index contributed by atoms with van der Waals surface area (Å²) in [6.45, 7) is 1.80. The number of hydrogen-bond donors (Lipinski definition) is 3. The van der Waals surface area contributed by atoms with Crippen molar-refractivity contribution in [1.29, 1.82) is 0 Å². The van der Waals surface area contributed by atoms with Crippen molar-refractivity contribution in [3.05, 3.63) is 51.0 Å². The quantitative estimate of drug-likeness (QED) is 0.752. The predicted molar refractivity (Wildman–Crippen MR) is 80.0 cm³/mol. The highest BCUT2D eigenvalue weighted by Crippen LogP contribution is 2.48. The van der Waals surface area contributed by atoms with Crippen LogP contribution in [0.2, 0.25) is 5.02 Å². The molecule has 0 saturated heterocycles. The molecule has 2 aromatic rings. The predicted octanol–water partition coefficient (Wildman–Crippen LogP) is 2.69. The molecule has 1 aliphatic carbocycles. The molecule has 1 aliphatic rings. The molecule has 3 N–H and O–H groups in total. The second-order valence-corrected chi connectivity index (χ2v) is 5.56. The molecule has 0 aliphatic heterocycles. The minimum Gasteiger partial charge on any atom is -0.507 e. The van der Waals surface area contributed by atoms with Gasteiger partial charge in [0.15, 0.2) is 0 Å². The first kappa shape index (κ1) is 14.7. The van der Waals surface area contributed by atoms with E-state index >= 15 is 0 Å². The lowest BCUT2D eigenvalue weighted by Gasteiger charge is -2.27. The molecule has 0 heterocycles. The van der Waals surface area contributed by atoms with Gasteiger partial charge in [-0.3, -0.25) is 4.79 Å². The van der Waals surface area contributed by atoms with Gasteiger partial charge in [0, 0.05) is 17.2 Å². The van der Waals surface area contributed by atoms with Crippen molar-refractivity contribution in [2.24, 2.45) is 0 Å². The van der Waals surface area contributed by atoms with Gasteiger partial charge in [-0.25, -0.2) is 0 Å². The van der Waals surface area contributed by atoms with Gasteiger partial charge in [-0.15, -0.1) is 0 Å². The molecule has 0 aromatic heterocycles. The number of aliphatic hydroxyl groups excluding tert-OH is 1. The van der Waals surface area contributed by atoms with Gasteiger partial charge >= 0.3 is 0 Å². The second kappa shape index (κ2) is 4.90. The van der Waals surface area contributed by atoms with Crippen LogP contribution in [0.4, 0.5) is 0 Å². The average molecular weight is 321 g/mol. The maximum absolute atomic E-state index is 12.7. The van der Waals surface area contributed by atoms with E-state index in [2.05, 4.69) is 0 Å². The number of ketones is 1. The standard InChI is InChI=1S/C16H13ClO5/c1-6-3-7-11(10(4-6)22-2)16(21)12-8(18)5-9(19)14(17)13(12)15(7)20/h3-5,15,18-20H,1-2H3/t15-/m1/s1. The van der Waals surface area contributed by atoms with Crippen LogP contribution in [0, 0.1) is 6.92 Å². The number of halogens is 1. The monoisotopic (exact) mass is 320 g/mol. The number of phenolic OH excluding ortho intramolecular Hbond substituents is 2. The minimum atomic E-state index is -1.25. The van der Waals surface area contributed by atoms with Gasteiger partial charge in [-0.05, 0) is 18.6 Å². The third kappa shape index (κ3) is 1.86. The van der Waals surface area contributed by atoms with Gasteiger partial charge in [-0.1, -0.05) is 17.7 Å². The number of carbonyl (C=O) groups is 1. The van der Waals surface area contributed by atoms with Crippen LogP contribution < -0.4 is 4.74 Å². The lowest BCUT2D eigenvalue weighted by molar-refractivity contribution is 0.101. The van der Waals surface area contributed by atoms with E-state index in [1.165, 1.54) is 7.11 Å². The van der Waals surface area contributed by atoms with Crippen molar-refractivity contribution in [2.75, 3.05) is 7.11 Å². The molecular weight excluding hydrogens is 308 g/mol. The Morgan fingerprint density at radius 1 is 1.14 bits per heavy atom. The molecule has 0 unspecified atom stereocenters. The summed E-state index contributed by atoms with van der Waals surface area (Å²) in [5.74, 6) is -1.03. The Morgan fingerprint density at radius 3 is 2.45 bits per heavy atom. The topological polar surface area (TPSA) is 87.0 Å². The normalized spacial score (nSPS) is 16.2. The van der Waals surface area contributed by atoms with Crippen molar-refractivity contribution in [3.8, 4) is 17.2 Å². The third-order valence-electron chi connectivity index (χ3n) is 3.78. The molecule has 1 atom stereocenters. The maximum atomic E-state index is 12.7. The van der Waals surface area contributed by atoms with Crippen molar-refractivity contribution in [3.63, 3.8) is 0 Å². The zero-order chi connectivity index (χ0) is 16.2. The molecule has 114 valence electrons. The van der Waals surface area contributed by atoms with Gasteiger partial charge < -0.3 is 20.1 Å². The maximum Gasteiger partial charge on any atom is 0.201 e. The largest absolute Gasteiger partial charge is 0.507 e. The fourth-order valence-electron chi connectivity index (χ4n) is 2.83. The van der Waals surface area contributed by atoms with Crippen LogP contribution in [0.5, 0.6) is 17.2 Å². The van der Waals surface area contributed by atoms with E-state index in [-0.39, 0.29) is 21.7 Å². The number of rotatable bonds is 1. The lowest BCUT2D eigenvalue weighted by Crippen LogP contribution is -2.21. The molecule has 2 aromatic carbocycles. The van der Waals surface area contributed by atoms with Crippen LogP contribution in [0.25, 0.3) is 0 Å². The first-order chi connectivity index (χ1) is 10.4. The summed E-state index contributed by atoms with van der Waals surface area (Å²) in [5, 5.41) is 30.2. The number of carbonyl (C=O) groups excluding carboxylic acids is 1. The summed E-state index contributed by atoms with van der Waals surface area (Å²) in [5.41, 5.74) is 1.20. The fraction of sp³-hybridized carbons (Fsp3) is 0.188. The van der Waals surface area contributed by atoms with Gasteiger partial charge in [0.25, 0.3) is 0 Å². The molecule has 0 bridgehead atoms. The molecule has 3 rings (SSSR count). The van der Waals surface area contributed by atoms with Crippen LogP contribution in [0.3, 0.4) is 0 Å². The Kier molecular flexibility index (Phi) is 3.27. The minimum absolute atomic E-state index is 0.00400. The fourth-order valence-corrected chi connectivity index (χ4v) is 3.08.